The number of likely N-dealkylation sites (tertiary alicyclic amines) is 1. The zero-order valence-electron chi connectivity index (χ0n) is 24.0. The van der Waals surface area contributed by atoms with Crippen LogP contribution in [0.2, 0.25) is 0 Å². The van der Waals surface area contributed by atoms with Crippen LogP contribution < -0.4 is 9.80 Å². The van der Waals surface area contributed by atoms with Crippen LogP contribution in [0.25, 0.3) is 0 Å². The average molecular weight is 572 g/mol. The highest BCUT2D eigenvalue weighted by Gasteiger charge is 2.72. The number of aliphatic hydroxyl groups excluding tert-OH is 1. The van der Waals surface area contributed by atoms with E-state index in [1.54, 1.807) is 23.1 Å². The summed E-state index contributed by atoms with van der Waals surface area (Å²) in [7, 11) is 0. The molecule has 0 aliphatic carbocycles. The normalized spacial score (nSPS) is 29.0. The predicted molar refractivity (Wildman–Crippen MR) is 158 cm³/mol. The number of esters is 1. The first-order valence-electron chi connectivity index (χ1n) is 14.8. The van der Waals surface area contributed by atoms with Gasteiger partial charge in [0.2, 0.25) is 5.91 Å². The minimum absolute atomic E-state index is 0.107. The Morgan fingerprint density at radius 3 is 2.43 bits per heavy atom. The van der Waals surface area contributed by atoms with Crippen molar-refractivity contribution in [2.24, 2.45) is 11.8 Å². The van der Waals surface area contributed by atoms with Gasteiger partial charge in [-0.1, -0.05) is 48.6 Å². The number of benzene rings is 2. The summed E-state index contributed by atoms with van der Waals surface area (Å²) in [4.78, 5) is 47.7. The van der Waals surface area contributed by atoms with Crippen molar-refractivity contribution in [3.63, 3.8) is 0 Å². The van der Waals surface area contributed by atoms with Crippen molar-refractivity contribution in [3.05, 3.63) is 84.5 Å². The lowest BCUT2D eigenvalue weighted by Gasteiger charge is -2.38. The molecule has 6 rings (SSSR count). The number of cyclic esters (lactones) is 1. The molecule has 2 aromatic rings. The van der Waals surface area contributed by atoms with Crippen LogP contribution in [0.3, 0.4) is 0 Å². The number of hydrogen-bond acceptors (Lipinski definition) is 7. The van der Waals surface area contributed by atoms with E-state index in [9.17, 15) is 19.5 Å². The lowest BCUT2D eigenvalue weighted by molar-refractivity contribution is -0.153. The zero-order valence-corrected chi connectivity index (χ0v) is 24.0. The molecule has 0 aromatic heterocycles. The molecule has 1 unspecified atom stereocenters. The van der Waals surface area contributed by atoms with Gasteiger partial charge in [0.25, 0.3) is 5.91 Å². The summed E-state index contributed by atoms with van der Waals surface area (Å²) < 4.78 is 12.0. The van der Waals surface area contributed by atoms with Crippen molar-refractivity contribution < 1.29 is 29.0 Å². The number of aliphatic hydroxyl groups is 1. The van der Waals surface area contributed by atoms with E-state index in [0.29, 0.717) is 12.1 Å². The molecule has 4 aliphatic heterocycles. The van der Waals surface area contributed by atoms with E-state index in [1.165, 1.54) is 4.90 Å². The molecule has 42 heavy (non-hydrogen) atoms. The van der Waals surface area contributed by atoms with Gasteiger partial charge in [-0.15, -0.1) is 0 Å². The second-order valence-corrected chi connectivity index (χ2v) is 11.2. The molecular formula is C33H37N3O6. The fraction of sp³-hybridized carbons (Fsp3) is 0.424. The van der Waals surface area contributed by atoms with E-state index in [4.69, 9.17) is 9.47 Å². The van der Waals surface area contributed by atoms with E-state index in [0.717, 1.165) is 24.3 Å². The van der Waals surface area contributed by atoms with Gasteiger partial charge in [-0.2, -0.15) is 0 Å². The van der Waals surface area contributed by atoms with Crippen molar-refractivity contribution in [3.8, 4) is 0 Å². The highest BCUT2D eigenvalue weighted by molar-refractivity contribution is 6.05. The molecule has 2 saturated heterocycles. The maximum atomic E-state index is 14.7. The fourth-order valence-electron chi connectivity index (χ4n) is 7.10. The van der Waals surface area contributed by atoms with E-state index < -0.39 is 41.6 Å². The van der Waals surface area contributed by atoms with Gasteiger partial charge in [-0.3, -0.25) is 14.4 Å². The second kappa shape index (κ2) is 11.4. The van der Waals surface area contributed by atoms with Crippen LogP contribution >= 0.6 is 0 Å². The fourth-order valence-corrected chi connectivity index (χ4v) is 7.10. The van der Waals surface area contributed by atoms with Crippen LogP contribution in [-0.2, 0) is 30.3 Å². The Hall–Kier alpha value is -3.95. The molecule has 4 aliphatic rings. The van der Waals surface area contributed by atoms with Gasteiger partial charge in [-0.25, -0.2) is 0 Å². The number of ether oxygens (including phenoxy) is 2. The molecular weight excluding hydrogens is 534 g/mol. The summed E-state index contributed by atoms with van der Waals surface area (Å²) in [5, 5.41) is 10.6. The van der Waals surface area contributed by atoms with Gasteiger partial charge in [0.15, 0.2) is 0 Å². The lowest BCUT2D eigenvalue weighted by atomic mass is 9.78. The first-order chi connectivity index (χ1) is 20.4. The second-order valence-electron chi connectivity index (χ2n) is 11.2. The number of carbonyl (C=O) groups excluding carboxylic acids is 3. The van der Waals surface area contributed by atoms with Gasteiger partial charge in [0, 0.05) is 31.0 Å². The van der Waals surface area contributed by atoms with E-state index in [-0.39, 0.29) is 31.6 Å². The van der Waals surface area contributed by atoms with Crippen molar-refractivity contribution in [1.29, 1.82) is 0 Å². The van der Waals surface area contributed by atoms with Crippen LogP contribution in [0, 0.1) is 11.8 Å². The molecule has 6 atom stereocenters. The third-order valence-corrected chi connectivity index (χ3v) is 9.06. The largest absolute Gasteiger partial charge is 0.461 e. The number of rotatable bonds is 8. The van der Waals surface area contributed by atoms with Gasteiger partial charge in [0.1, 0.15) is 24.2 Å². The number of nitrogens with zero attached hydrogens (tertiary/aromatic N) is 3. The molecule has 1 spiro atoms. The average Bonchev–Trinajstić information content (AvgIpc) is 3.31. The number of fused-ring (bicyclic) bond motifs is 2. The number of anilines is 2. The zero-order chi connectivity index (χ0) is 29.4. The Labute approximate surface area is 246 Å². The van der Waals surface area contributed by atoms with Crippen molar-refractivity contribution in [2.45, 2.75) is 44.1 Å². The van der Waals surface area contributed by atoms with Gasteiger partial charge in [0.05, 0.1) is 24.7 Å². The number of amides is 2. The first kappa shape index (κ1) is 28.2. The summed E-state index contributed by atoms with van der Waals surface area (Å²) in [6, 6.07) is 15.6. The first-order valence-corrected chi connectivity index (χ1v) is 14.8. The minimum Gasteiger partial charge on any atom is -0.461 e. The Bertz CT molecular complexity index is 1390. The Morgan fingerprint density at radius 1 is 1.00 bits per heavy atom. The van der Waals surface area contributed by atoms with Crippen LogP contribution in [0.5, 0.6) is 0 Å². The lowest BCUT2D eigenvalue weighted by Crippen LogP contribution is -2.58. The van der Waals surface area contributed by atoms with Crippen LogP contribution in [0.15, 0.2) is 78.9 Å². The summed E-state index contributed by atoms with van der Waals surface area (Å²) in [6.07, 6.45) is 6.78. The van der Waals surface area contributed by atoms with E-state index in [2.05, 4.69) is 18.7 Å². The minimum atomic E-state index is -1.38. The summed E-state index contributed by atoms with van der Waals surface area (Å²) >= 11 is 0. The molecule has 9 nitrogen and oxygen atoms in total. The third kappa shape index (κ3) is 4.51. The highest BCUT2D eigenvalue weighted by Crippen LogP contribution is 2.54. The molecule has 2 aromatic carbocycles. The van der Waals surface area contributed by atoms with Crippen LogP contribution in [0.1, 0.15) is 19.4 Å². The molecule has 9 heteroatoms. The van der Waals surface area contributed by atoms with E-state index in [1.807, 2.05) is 60.7 Å². The molecule has 0 radical (unpaired) electrons. The Balaban J connectivity index is 1.43. The SMILES string of the molecule is CCN(CC)c1ccc(N2CC=C[C@]34O[C@@H]5C=CCOC(=O)[C@@H]5[C@H]3C(=O)N([C@@H](CO)Cc3ccccc3)C4C2=O)cc1. The van der Waals surface area contributed by atoms with Crippen molar-refractivity contribution >= 4 is 29.2 Å². The third-order valence-electron chi connectivity index (χ3n) is 9.06. The highest BCUT2D eigenvalue weighted by atomic mass is 16.6. The number of carbonyl (C=O) groups is 3. The van der Waals surface area contributed by atoms with Gasteiger partial charge >= 0.3 is 5.97 Å². The molecule has 220 valence electrons. The maximum absolute atomic E-state index is 14.7. The smallest absolute Gasteiger partial charge is 0.313 e. The van der Waals surface area contributed by atoms with Gasteiger partial charge in [-0.05, 0) is 56.2 Å². The van der Waals surface area contributed by atoms with Crippen LogP contribution in [-0.4, -0.2) is 84.4 Å². The van der Waals surface area contributed by atoms with E-state index >= 15 is 0 Å². The van der Waals surface area contributed by atoms with Gasteiger partial charge < -0.3 is 29.3 Å². The van der Waals surface area contributed by atoms with Crippen LogP contribution in [0.4, 0.5) is 11.4 Å². The molecule has 2 amide bonds. The summed E-state index contributed by atoms with van der Waals surface area (Å²) in [6.45, 7) is 5.96. The molecule has 0 bridgehead atoms. The molecule has 0 saturated carbocycles. The molecule has 2 fully saturated rings. The predicted octanol–water partition coefficient (Wildman–Crippen LogP) is 2.73. The summed E-state index contributed by atoms with van der Waals surface area (Å²) in [5.74, 6) is -3.06. The summed E-state index contributed by atoms with van der Waals surface area (Å²) in [5.41, 5.74) is 1.29. The quantitative estimate of drug-likeness (QED) is 0.384. The molecule has 1 N–H and O–H groups in total. The topological polar surface area (TPSA) is 99.6 Å². The monoisotopic (exact) mass is 571 g/mol. The maximum Gasteiger partial charge on any atom is 0.313 e. The standard InChI is InChI=1S/C33H37N3O6/c1-3-34(4-2)23-13-15-24(16-14-23)35-18-9-17-33-28(27-26(42-33)12-8-19-41-32(27)40)30(38)36(29(33)31(35)39)25(21-37)20-22-10-6-5-7-11-22/h5-17,25-29,37H,3-4,18-21H2,1-2H3/t25-,26-,27+,28+,29?,33+/m1/s1. The van der Waals surface area contributed by atoms with Crippen molar-refractivity contribution in [1.82, 2.24) is 4.90 Å². The number of hydrogen-bond donors (Lipinski definition) is 1. The van der Waals surface area contributed by atoms with Crippen molar-refractivity contribution in [2.75, 3.05) is 42.6 Å². The molecule has 4 heterocycles. The Morgan fingerprint density at radius 2 is 1.74 bits per heavy atom. The Kier molecular flexibility index (Phi) is 7.64.